The van der Waals surface area contributed by atoms with Crippen LogP contribution in [0.5, 0.6) is 5.75 Å². The predicted molar refractivity (Wildman–Crippen MR) is 75.8 cm³/mol. The Morgan fingerprint density at radius 1 is 1.50 bits per heavy atom. The molecule has 5 nitrogen and oxygen atoms in total. The first-order valence-electron chi connectivity index (χ1n) is 5.77. The monoisotopic (exact) mass is 306 g/mol. The van der Waals surface area contributed by atoms with Crippen molar-refractivity contribution in [2.45, 2.75) is 25.2 Å². The van der Waals surface area contributed by atoms with Crippen LogP contribution >= 0.6 is 11.8 Å². The predicted octanol–water partition coefficient (Wildman–Crippen LogP) is 3.75. The molecule has 0 saturated heterocycles. The van der Waals surface area contributed by atoms with Crippen molar-refractivity contribution in [1.82, 2.24) is 0 Å². The number of benzene rings is 1. The molecule has 0 fully saturated rings. The average molecular weight is 306 g/mol. The van der Waals surface area contributed by atoms with Crippen LogP contribution in [0.2, 0.25) is 0 Å². The highest BCUT2D eigenvalue weighted by atomic mass is 32.2. The van der Waals surface area contributed by atoms with Crippen LogP contribution < -0.4 is 10.1 Å². The van der Waals surface area contributed by atoms with Crippen molar-refractivity contribution in [2.24, 2.45) is 0 Å². The number of ether oxygens (including phenoxy) is 1. The molecule has 0 aliphatic heterocycles. The van der Waals surface area contributed by atoms with Crippen molar-refractivity contribution < 1.29 is 18.4 Å². The highest BCUT2D eigenvalue weighted by molar-refractivity contribution is 7.99. The van der Waals surface area contributed by atoms with Crippen molar-refractivity contribution >= 4 is 23.1 Å². The van der Waals surface area contributed by atoms with Crippen molar-refractivity contribution in [2.75, 3.05) is 18.1 Å². The van der Waals surface area contributed by atoms with E-state index in [-0.39, 0.29) is 4.75 Å². The molecule has 0 bridgehead atoms. The van der Waals surface area contributed by atoms with Crippen LogP contribution in [0.4, 0.5) is 20.2 Å². The van der Waals surface area contributed by atoms with Gasteiger partial charge in [0.2, 0.25) is 5.75 Å². The Balaban J connectivity index is 2.92. The maximum absolute atomic E-state index is 12.3. The normalized spacial score (nSPS) is 11.5. The van der Waals surface area contributed by atoms with E-state index < -0.39 is 23.0 Å². The maximum Gasteiger partial charge on any atom is 0.387 e. The SMILES string of the molecule is CSC(C)(C)CNc1ccc([N+](=O)[O-])c(OC(F)F)c1. The second kappa shape index (κ2) is 6.74. The summed E-state index contributed by atoms with van der Waals surface area (Å²) in [6.45, 7) is 1.52. The average Bonchev–Trinajstić information content (AvgIpc) is 2.35. The number of hydrogen-bond acceptors (Lipinski definition) is 5. The van der Waals surface area contributed by atoms with Crippen LogP contribution in [-0.2, 0) is 0 Å². The maximum atomic E-state index is 12.3. The van der Waals surface area contributed by atoms with E-state index in [1.54, 1.807) is 11.8 Å². The van der Waals surface area contributed by atoms with Crippen LogP contribution in [0.15, 0.2) is 18.2 Å². The zero-order valence-corrected chi connectivity index (χ0v) is 12.2. The fraction of sp³-hybridized carbons (Fsp3) is 0.500. The van der Waals surface area contributed by atoms with Gasteiger partial charge in [-0.2, -0.15) is 20.5 Å². The molecule has 0 amide bonds. The summed E-state index contributed by atoms with van der Waals surface area (Å²) in [5, 5.41) is 13.8. The summed E-state index contributed by atoms with van der Waals surface area (Å²) in [7, 11) is 0. The fourth-order valence-corrected chi connectivity index (χ4v) is 1.57. The number of alkyl halides is 2. The fourth-order valence-electron chi connectivity index (χ4n) is 1.35. The number of halogens is 2. The number of nitro benzene ring substituents is 1. The van der Waals surface area contributed by atoms with Crippen molar-refractivity contribution in [3.05, 3.63) is 28.3 Å². The molecule has 1 rings (SSSR count). The van der Waals surface area contributed by atoms with Gasteiger partial charge in [-0.3, -0.25) is 10.1 Å². The summed E-state index contributed by atoms with van der Waals surface area (Å²) in [5.41, 5.74) is 0.00773. The van der Waals surface area contributed by atoms with E-state index in [1.807, 2.05) is 20.1 Å². The molecule has 8 heteroatoms. The standard InChI is InChI=1S/C12H16F2N2O3S/c1-12(2,20-3)7-15-8-4-5-9(16(17)18)10(6-8)19-11(13)14/h4-6,11,15H,7H2,1-3H3. The number of thioether (sulfide) groups is 1. The topological polar surface area (TPSA) is 64.4 Å². The minimum absolute atomic E-state index is 0.0501. The van der Waals surface area contributed by atoms with Gasteiger partial charge in [-0.1, -0.05) is 0 Å². The lowest BCUT2D eigenvalue weighted by atomic mass is 10.2. The molecule has 0 saturated carbocycles. The Hall–Kier alpha value is -1.57. The second-order valence-electron chi connectivity index (χ2n) is 4.64. The van der Waals surface area contributed by atoms with E-state index in [2.05, 4.69) is 10.1 Å². The largest absolute Gasteiger partial charge is 0.427 e. The van der Waals surface area contributed by atoms with E-state index >= 15 is 0 Å². The molecule has 0 heterocycles. The molecular formula is C12H16F2N2O3S. The van der Waals surface area contributed by atoms with Gasteiger partial charge in [0.05, 0.1) is 4.92 Å². The quantitative estimate of drug-likeness (QED) is 0.614. The van der Waals surface area contributed by atoms with Gasteiger partial charge in [0, 0.05) is 29.1 Å². The molecule has 0 atom stereocenters. The Morgan fingerprint density at radius 2 is 2.15 bits per heavy atom. The molecule has 0 aromatic heterocycles. The summed E-state index contributed by atoms with van der Waals surface area (Å²) in [5.74, 6) is -0.447. The van der Waals surface area contributed by atoms with Gasteiger partial charge < -0.3 is 10.1 Å². The molecule has 112 valence electrons. The first kappa shape index (κ1) is 16.5. The van der Waals surface area contributed by atoms with Gasteiger partial charge in [0.25, 0.3) is 0 Å². The van der Waals surface area contributed by atoms with Gasteiger partial charge in [0.15, 0.2) is 0 Å². The Bertz CT molecular complexity index is 484. The van der Waals surface area contributed by atoms with E-state index in [1.165, 1.54) is 12.1 Å². The molecule has 0 aliphatic carbocycles. The first-order valence-corrected chi connectivity index (χ1v) is 7.00. The van der Waals surface area contributed by atoms with Crippen LogP contribution in [0.25, 0.3) is 0 Å². The molecule has 1 aromatic rings. The zero-order valence-electron chi connectivity index (χ0n) is 11.4. The molecule has 0 aliphatic rings. The zero-order chi connectivity index (χ0) is 15.3. The van der Waals surface area contributed by atoms with Crippen LogP contribution in [0, 0.1) is 10.1 Å². The van der Waals surface area contributed by atoms with Crippen molar-refractivity contribution in [1.29, 1.82) is 0 Å². The number of rotatable bonds is 7. The van der Waals surface area contributed by atoms with Crippen LogP contribution in [0.1, 0.15) is 13.8 Å². The lowest BCUT2D eigenvalue weighted by Gasteiger charge is -2.23. The third-order valence-electron chi connectivity index (χ3n) is 2.64. The lowest BCUT2D eigenvalue weighted by Crippen LogP contribution is -2.25. The summed E-state index contributed by atoms with van der Waals surface area (Å²) >= 11 is 1.65. The Kier molecular flexibility index (Phi) is 5.55. The third kappa shape index (κ3) is 4.84. The van der Waals surface area contributed by atoms with E-state index in [4.69, 9.17) is 0 Å². The lowest BCUT2D eigenvalue weighted by molar-refractivity contribution is -0.386. The number of hydrogen-bond donors (Lipinski definition) is 1. The number of nitrogens with zero attached hydrogens (tertiary/aromatic N) is 1. The van der Waals surface area contributed by atoms with Gasteiger partial charge in [0.1, 0.15) is 0 Å². The summed E-state index contributed by atoms with van der Waals surface area (Å²) in [6.07, 6.45) is 1.96. The summed E-state index contributed by atoms with van der Waals surface area (Å²) < 4.78 is 28.6. The second-order valence-corrected chi connectivity index (χ2v) is 6.15. The van der Waals surface area contributed by atoms with Gasteiger partial charge in [-0.25, -0.2) is 0 Å². The third-order valence-corrected chi connectivity index (χ3v) is 3.89. The highest BCUT2D eigenvalue weighted by Crippen LogP contribution is 2.32. The molecule has 1 N–H and O–H groups in total. The van der Waals surface area contributed by atoms with Crippen LogP contribution in [0.3, 0.4) is 0 Å². The molecule has 0 radical (unpaired) electrons. The van der Waals surface area contributed by atoms with Gasteiger partial charge >= 0.3 is 12.3 Å². The van der Waals surface area contributed by atoms with Crippen molar-refractivity contribution in [3.8, 4) is 5.75 Å². The minimum Gasteiger partial charge on any atom is -0.427 e. The minimum atomic E-state index is -3.11. The van der Waals surface area contributed by atoms with E-state index in [9.17, 15) is 18.9 Å². The summed E-state index contributed by atoms with van der Waals surface area (Å²) in [4.78, 5) is 9.98. The molecule has 20 heavy (non-hydrogen) atoms. The first-order chi connectivity index (χ1) is 9.25. The van der Waals surface area contributed by atoms with E-state index in [0.717, 1.165) is 6.07 Å². The van der Waals surface area contributed by atoms with Crippen molar-refractivity contribution in [3.63, 3.8) is 0 Å². The molecule has 0 unspecified atom stereocenters. The van der Waals surface area contributed by atoms with Gasteiger partial charge in [-0.15, -0.1) is 0 Å². The van der Waals surface area contributed by atoms with E-state index in [0.29, 0.717) is 12.2 Å². The molecular weight excluding hydrogens is 290 g/mol. The Morgan fingerprint density at radius 3 is 2.65 bits per heavy atom. The number of anilines is 1. The summed E-state index contributed by atoms with van der Waals surface area (Å²) in [6, 6.07) is 3.82. The molecule has 0 spiro atoms. The van der Waals surface area contributed by atoms with Crippen LogP contribution in [-0.4, -0.2) is 29.1 Å². The smallest absolute Gasteiger partial charge is 0.387 e. The number of nitrogens with one attached hydrogen (secondary N) is 1. The van der Waals surface area contributed by atoms with Gasteiger partial charge in [-0.05, 0) is 26.2 Å². The number of nitro groups is 1. The highest BCUT2D eigenvalue weighted by Gasteiger charge is 2.20. The molecule has 1 aromatic carbocycles. The Labute approximate surface area is 119 Å².